The van der Waals surface area contributed by atoms with E-state index in [1.807, 2.05) is 54.6 Å². The fourth-order valence-electron chi connectivity index (χ4n) is 3.45. The summed E-state index contributed by atoms with van der Waals surface area (Å²) in [5.74, 6) is -0.428. The SMILES string of the molecule is C/C(=C\COc1ccc(CC(C)C(=O)O)cc1)c1ccc(-c2cccc(C(C)O)c2)cc1. The lowest BCUT2D eigenvalue weighted by molar-refractivity contribution is -0.141. The van der Waals surface area contributed by atoms with Crippen LogP contribution in [-0.2, 0) is 11.2 Å². The third kappa shape index (κ3) is 6.32. The molecule has 0 aromatic heterocycles. The summed E-state index contributed by atoms with van der Waals surface area (Å²) in [5, 5.41) is 18.8. The molecule has 0 aliphatic carbocycles. The minimum Gasteiger partial charge on any atom is -0.490 e. The predicted molar refractivity (Wildman–Crippen MR) is 129 cm³/mol. The van der Waals surface area contributed by atoms with Gasteiger partial charge in [-0.15, -0.1) is 0 Å². The molecule has 0 aliphatic heterocycles. The third-order valence-electron chi connectivity index (χ3n) is 5.57. The number of aliphatic hydroxyl groups excluding tert-OH is 1. The van der Waals surface area contributed by atoms with Crippen molar-refractivity contribution in [3.05, 3.63) is 95.6 Å². The smallest absolute Gasteiger partial charge is 0.306 e. The molecule has 0 saturated heterocycles. The minimum absolute atomic E-state index is 0.402. The number of ether oxygens (including phenoxy) is 1. The van der Waals surface area contributed by atoms with Gasteiger partial charge in [-0.2, -0.15) is 0 Å². The van der Waals surface area contributed by atoms with E-state index < -0.39 is 18.0 Å². The molecule has 0 radical (unpaired) electrons. The topological polar surface area (TPSA) is 66.8 Å². The Labute approximate surface area is 189 Å². The van der Waals surface area contributed by atoms with Crippen LogP contribution in [0.1, 0.15) is 43.6 Å². The molecule has 0 bridgehead atoms. The zero-order valence-electron chi connectivity index (χ0n) is 18.8. The van der Waals surface area contributed by atoms with Crippen molar-refractivity contribution < 1.29 is 19.7 Å². The first kappa shape index (κ1) is 23.3. The number of benzene rings is 3. The van der Waals surface area contributed by atoms with Crippen LogP contribution in [0.3, 0.4) is 0 Å². The highest BCUT2D eigenvalue weighted by atomic mass is 16.5. The average molecular weight is 431 g/mol. The lowest BCUT2D eigenvalue weighted by atomic mass is 9.98. The van der Waals surface area contributed by atoms with E-state index in [9.17, 15) is 9.90 Å². The van der Waals surface area contributed by atoms with Crippen LogP contribution in [-0.4, -0.2) is 22.8 Å². The largest absolute Gasteiger partial charge is 0.490 e. The second kappa shape index (κ2) is 10.8. The zero-order valence-corrected chi connectivity index (χ0v) is 18.8. The lowest BCUT2D eigenvalue weighted by Crippen LogP contribution is -2.12. The predicted octanol–water partition coefficient (Wildman–Crippen LogP) is 6.15. The quantitative estimate of drug-likeness (QED) is 0.427. The number of carboxylic acids is 1. The van der Waals surface area contributed by atoms with Crippen LogP contribution in [0.25, 0.3) is 16.7 Å². The fourth-order valence-corrected chi connectivity index (χ4v) is 3.45. The summed E-state index contributed by atoms with van der Waals surface area (Å²) >= 11 is 0. The molecule has 3 aromatic carbocycles. The van der Waals surface area contributed by atoms with Crippen molar-refractivity contribution >= 4 is 11.5 Å². The molecule has 0 fully saturated rings. The van der Waals surface area contributed by atoms with Crippen molar-refractivity contribution in [1.29, 1.82) is 0 Å². The van der Waals surface area contributed by atoms with Crippen LogP contribution >= 0.6 is 0 Å². The molecule has 2 N–H and O–H groups in total. The van der Waals surface area contributed by atoms with E-state index in [1.54, 1.807) is 13.8 Å². The van der Waals surface area contributed by atoms with E-state index >= 15 is 0 Å². The summed E-state index contributed by atoms with van der Waals surface area (Å²) in [6, 6.07) is 23.9. The van der Waals surface area contributed by atoms with Crippen molar-refractivity contribution in [3.8, 4) is 16.9 Å². The highest BCUT2D eigenvalue weighted by Crippen LogP contribution is 2.25. The van der Waals surface area contributed by atoms with E-state index in [2.05, 4.69) is 31.2 Å². The number of hydrogen-bond donors (Lipinski definition) is 2. The summed E-state index contributed by atoms with van der Waals surface area (Å²) in [6.45, 7) is 5.99. The van der Waals surface area contributed by atoms with Crippen molar-refractivity contribution in [2.75, 3.05) is 6.61 Å². The van der Waals surface area contributed by atoms with Gasteiger partial charge in [0.15, 0.2) is 0 Å². The monoisotopic (exact) mass is 430 g/mol. The second-order valence-electron chi connectivity index (χ2n) is 8.16. The maximum atomic E-state index is 11.0. The van der Waals surface area contributed by atoms with Crippen molar-refractivity contribution in [1.82, 2.24) is 0 Å². The molecule has 32 heavy (non-hydrogen) atoms. The average Bonchev–Trinajstić information content (AvgIpc) is 2.80. The molecule has 3 aromatic rings. The minimum atomic E-state index is -0.785. The molecule has 2 unspecified atom stereocenters. The van der Waals surface area contributed by atoms with E-state index in [0.717, 1.165) is 39.1 Å². The van der Waals surface area contributed by atoms with Gasteiger partial charge >= 0.3 is 5.97 Å². The molecule has 4 heteroatoms. The van der Waals surface area contributed by atoms with Crippen LogP contribution in [0.2, 0.25) is 0 Å². The second-order valence-corrected chi connectivity index (χ2v) is 8.16. The molecule has 0 heterocycles. The van der Waals surface area contributed by atoms with E-state index in [-0.39, 0.29) is 0 Å². The number of hydrogen-bond acceptors (Lipinski definition) is 3. The number of aliphatic hydroxyl groups is 1. The van der Waals surface area contributed by atoms with Gasteiger partial charge in [-0.25, -0.2) is 0 Å². The summed E-state index contributed by atoms with van der Waals surface area (Å²) in [6.07, 6.45) is 2.07. The van der Waals surface area contributed by atoms with Crippen LogP contribution < -0.4 is 4.74 Å². The number of aliphatic carboxylic acids is 1. The third-order valence-corrected chi connectivity index (χ3v) is 5.57. The van der Waals surface area contributed by atoms with Crippen LogP contribution in [0.5, 0.6) is 5.75 Å². The number of carbonyl (C=O) groups is 1. The molecule has 3 rings (SSSR count). The number of rotatable bonds is 9. The van der Waals surface area contributed by atoms with Gasteiger partial charge < -0.3 is 14.9 Å². The van der Waals surface area contributed by atoms with Gasteiger partial charge in [-0.3, -0.25) is 4.79 Å². The molecule has 2 atom stereocenters. The molecule has 0 spiro atoms. The van der Waals surface area contributed by atoms with Crippen LogP contribution in [0.4, 0.5) is 0 Å². The molecular weight excluding hydrogens is 400 g/mol. The Morgan fingerprint density at radius 2 is 1.66 bits per heavy atom. The highest BCUT2D eigenvalue weighted by molar-refractivity contribution is 5.70. The van der Waals surface area contributed by atoms with Gasteiger partial charge in [0.1, 0.15) is 12.4 Å². The van der Waals surface area contributed by atoms with Gasteiger partial charge in [0.05, 0.1) is 12.0 Å². The summed E-state index contributed by atoms with van der Waals surface area (Å²) in [5.41, 5.74) is 6.34. The first-order chi connectivity index (χ1) is 15.3. The maximum absolute atomic E-state index is 11.0. The first-order valence-corrected chi connectivity index (χ1v) is 10.8. The Kier molecular flexibility index (Phi) is 7.85. The van der Waals surface area contributed by atoms with Crippen molar-refractivity contribution in [3.63, 3.8) is 0 Å². The van der Waals surface area contributed by atoms with Gasteiger partial charge in [-0.05, 0) is 77.9 Å². The fraction of sp³-hybridized carbons (Fsp3) is 0.250. The highest BCUT2D eigenvalue weighted by Gasteiger charge is 2.11. The molecule has 166 valence electrons. The van der Waals surface area contributed by atoms with Gasteiger partial charge in [0.25, 0.3) is 0 Å². The summed E-state index contributed by atoms with van der Waals surface area (Å²) < 4.78 is 5.82. The molecule has 0 amide bonds. The summed E-state index contributed by atoms with van der Waals surface area (Å²) in [7, 11) is 0. The van der Waals surface area contributed by atoms with E-state index in [4.69, 9.17) is 9.84 Å². The first-order valence-electron chi connectivity index (χ1n) is 10.8. The standard InChI is InChI=1S/C28H30O4/c1-19(15-16-32-27-13-7-22(8-14-27)17-20(2)28(30)31)23-9-11-24(12-10-23)26-6-4-5-25(18-26)21(3)29/h4-15,18,20-21,29H,16-17H2,1-3H3,(H,30,31)/b19-15+. The Hall–Kier alpha value is -3.37. The van der Waals surface area contributed by atoms with E-state index in [0.29, 0.717) is 13.0 Å². The summed E-state index contributed by atoms with van der Waals surface area (Å²) in [4.78, 5) is 11.0. The molecular formula is C28H30O4. The number of carboxylic acid groups (broad SMARTS) is 1. The van der Waals surface area contributed by atoms with Crippen LogP contribution in [0.15, 0.2) is 78.9 Å². The Morgan fingerprint density at radius 1 is 0.969 bits per heavy atom. The Morgan fingerprint density at radius 3 is 2.28 bits per heavy atom. The van der Waals surface area contributed by atoms with E-state index in [1.165, 1.54) is 0 Å². The molecule has 0 aliphatic rings. The van der Waals surface area contributed by atoms with Crippen molar-refractivity contribution in [2.24, 2.45) is 5.92 Å². The number of allylic oxidation sites excluding steroid dienone is 1. The zero-order chi connectivity index (χ0) is 23.1. The Bertz CT molecular complexity index is 1060. The van der Waals surface area contributed by atoms with Crippen molar-refractivity contribution in [2.45, 2.75) is 33.3 Å². The normalized spacial score (nSPS) is 13.4. The maximum Gasteiger partial charge on any atom is 0.306 e. The lowest BCUT2D eigenvalue weighted by Gasteiger charge is -2.10. The van der Waals surface area contributed by atoms with Gasteiger partial charge in [0.2, 0.25) is 0 Å². The Balaban J connectivity index is 1.58. The van der Waals surface area contributed by atoms with Crippen LogP contribution in [0, 0.1) is 5.92 Å². The van der Waals surface area contributed by atoms with Gasteiger partial charge in [-0.1, -0.05) is 61.5 Å². The van der Waals surface area contributed by atoms with Gasteiger partial charge in [0, 0.05) is 0 Å². The molecule has 0 saturated carbocycles. The molecule has 4 nitrogen and oxygen atoms in total.